The Hall–Kier alpha value is -0.280. The second kappa shape index (κ2) is 6.65. The maximum atomic E-state index is 12.3. The third-order valence-corrected chi connectivity index (χ3v) is 5.81. The van der Waals surface area contributed by atoms with Crippen molar-refractivity contribution in [1.82, 2.24) is 10.6 Å². The van der Waals surface area contributed by atoms with E-state index in [1.807, 2.05) is 0 Å². The molecule has 20 heavy (non-hydrogen) atoms. The molecule has 4 heteroatoms. The standard InChI is InChI=1S/C16H28N2O.ClH/c1-12-2-4-13(5-3-12)11-18-15(19)14-10-16(14)6-8-17-9-7-16;/h12-14,17H,2-11H2,1H3,(H,18,19);1H. The number of nitrogens with one attached hydrogen (secondary N) is 2. The monoisotopic (exact) mass is 300 g/mol. The van der Waals surface area contributed by atoms with Gasteiger partial charge in [0.15, 0.2) is 0 Å². The molecule has 3 rings (SSSR count). The molecule has 1 unspecified atom stereocenters. The van der Waals surface area contributed by atoms with Gasteiger partial charge in [0, 0.05) is 12.5 Å². The van der Waals surface area contributed by atoms with E-state index in [4.69, 9.17) is 0 Å². The minimum absolute atomic E-state index is 0. The molecule has 0 aromatic carbocycles. The fraction of sp³-hybridized carbons (Fsp3) is 0.938. The van der Waals surface area contributed by atoms with Crippen molar-refractivity contribution in [3.8, 4) is 0 Å². The van der Waals surface area contributed by atoms with E-state index in [1.54, 1.807) is 0 Å². The van der Waals surface area contributed by atoms with Gasteiger partial charge in [-0.3, -0.25) is 4.79 Å². The van der Waals surface area contributed by atoms with Crippen LogP contribution in [-0.2, 0) is 4.79 Å². The van der Waals surface area contributed by atoms with Crippen LogP contribution in [0.4, 0.5) is 0 Å². The Bertz CT molecular complexity index is 333. The van der Waals surface area contributed by atoms with Crippen molar-refractivity contribution in [2.24, 2.45) is 23.2 Å². The molecule has 3 aliphatic rings. The molecule has 3 fully saturated rings. The van der Waals surface area contributed by atoms with Gasteiger partial charge in [0.05, 0.1) is 0 Å². The fourth-order valence-corrected chi connectivity index (χ4v) is 4.10. The maximum Gasteiger partial charge on any atom is 0.223 e. The molecular weight excluding hydrogens is 272 g/mol. The van der Waals surface area contributed by atoms with Gasteiger partial charge in [0.2, 0.25) is 5.91 Å². The van der Waals surface area contributed by atoms with E-state index in [0.717, 1.165) is 37.9 Å². The Balaban J connectivity index is 0.00000147. The summed E-state index contributed by atoms with van der Waals surface area (Å²) in [5.74, 6) is 2.31. The molecule has 1 saturated heterocycles. The average Bonchev–Trinajstić information content (AvgIpc) is 3.12. The number of halogens is 1. The summed E-state index contributed by atoms with van der Waals surface area (Å²) < 4.78 is 0. The predicted molar refractivity (Wildman–Crippen MR) is 84.0 cm³/mol. The van der Waals surface area contributed by atoms with E-state index < -0.39 is 0 Å². The van der Waals surface area contributed by atoms with E-state index in [1.165, 1.54) is 38.5 Å². The van der Waals surface area contributed by atoms with Crippen LogP contribution in [0.2, 0.25) is 0 Å². The average molecular weight is 301 g/mol. The largest absolute Gasteiger partial charge is 0.356 e. The number of rotatable bonds is 3. The summed E-state index contributed by atoms with van der Waals surface area (Å²) in [5, 5.41) is 6.64. The summed E-state index contributed by atoms with van der Waals surface area (Å²) in [6, 6.07) is 0. The Morgan fingerprint density at radius 2 is 1.85 bits per heavy atom. The molecule has 2 saturated carbocycles. The van der Waals surface area contributed by atoms with Crippen LogP contribution in [0, 0.1) is 23.2 Å². The highest BCUT2D eigenvalue weighted by atomic mass is 35.5. The van der Waals surface area contributed by atoms with Crippen LogP contribution in [0.15, 0.2) is 0 Å². The van der Waals surface area contributed by atoms with Crippen LogP contribution in [0.5, 0.6) is 0 Å². The molecule has 0 aromatic heterocycles. The van der Waals surface area contributed by atoms with E-state index >= 15 is 0 Å². The molecule has 3 nitrogen and oxygen atoms in total. The number of carbonyl (C=O) groups excluding carboxylic acids is 1. The first kappa shape index (κ1) is 16.1. The zero-order chi connectivity index (χ0) is 13.3. The predicted octanol–water partition coefficient (Wildman–Crippen LogP) is 2.74. The minimum Gasteiger partial charge on any atom is -0.356 e. The van der Waals surface area contributed by atoms with Crippen molar-refractivity contribution in [1.29, 1.82) is 0 Å². The molecule has 0 aromatic rings. The third kappa shape index (κ3) is 3.48. The van der Waals surface area contributed by atoms with E-state index in [0.29, 0.717) is 17.2 Å². The van der Waals surface area contributed by atoms with Crippen LogP contribution in [0.3, 0.4) is 0 Å². The van der Waals surface area contributed by atoms with Crippen molar-refractivity contribution in [3.63, 3.8) is 0 Å². The van der Waals surface area contributed by atoms with Crippen LogP contribution >= 0.6 is 12.4 Å². The first-order valence-corrected chi connectivity index (χ1v) is 8.18. The van der Waals surface area contributed by atoms with Gasteiger partial charge in [-0.15, -0.1) is 12.4 Å². The summed E-state index contributed by atoms with van der Waals surface area (Å²) in [5.41, 5.74) is 0.385. The number of hydrogen-bond donors (Lipinski definition) is 2. The van der Waals surface area contributed by atoms with Gasteiger partial charge in [-0.2, -0.15) is 0 Å². The molecule has 2 aliphatic carbocycles. The van der Waals surface area contributed by atoms with Gasteiger partial charge in [0.1, 0.15) is 0 Å². The lowest BCUT2D eigenvalue weighted by Crippen LogP contribution is -2.36. The zero-order valence-corrected chi connectivity index (χ0v) is 13.4. The van der Waals surface area contributed by atoms with Crippen LogP contribution in [0.1, 0.15) is 51.9 Å². The zero-order valence-electron chi connectivity index (χ0n) is 12.6. The van der Waals surface area contributed by atoms with Gasteiger partial charge in [-0.05, 0) is 62.4 Å². The highest BCUT2D eigenvalue weighted by molar-refractivity contribution is 5.85. The summed E-state index contributed by atoms with van der Waals surface area (Å²) in [7, 11) is 0. The number of hydrogen-bond acceptors (Lipinski definition) is 2. The molecule has 2 N–H and O–H groups in total. The van der Waals surface area contributed by atoms with Gasteiger partial charge in [0.25, 0.3) is 0 Å². The third-order valence-electron chi connectivity index (χ3n) is 5.81. The lowest BCUT2D eigenvalue weighted by Gasteiger charge is -2.27. The van der Waals surface area contributed by atoms with Gasteiger partial charge in [-0.1, -0.05) is 19.8 Å². The van der Waals surface area contributed by atoms with Crippen LogP contribution in [-0.4, -0.2) is 25.5 Å². The summed E-state index contributed by atoms with van der Waals surface area (Å²) >= 11 is 0. The second-order valence-electron chi connectivity index (χ2n) is 7.24. The first-order valence-electron chi connectivity index (χ1n) is 8.18. The van der Waals surface area contributed by atoms with Gasteiger partial charge >= 0.3 is 0 Å². The van der Waals surface area contributed by atoms with Crippen molar-refractivity contribution in [3.05, 3.63) is 0 Å². The molecule has 1 heterocycles. The molecular formula is C16H29ClN2O. The van der Waals surface area contributed by atoms with Gasteiger partial charge in [-0.25, -0.2) is 0 Å². The summed E-state index contributed by atoms with van der Waals surface area (Å²) in [4.78, 5) is 12.3. The summed E-state index contributed by atoms with van der Waals surface area (Å²) in [6.45, 7) is 5.48. The molecule has 1 amide bonds. The molecule has 1 spiro atoms. The SMILES string of the molecule is CC1CCC(CNC(=O)C2CC23CCNCC3)CC1.Cl. The normalized spacial score (nSPS) is 35.1. The fourth-order valence-electron chi connectivity index (χ4n) is 4.10. The maximum absolute atomic E-state index is 12.3. The molecule has 0 bridgehead atoms. The Morgan fingerprint density at radius 3 is 2.50 bits per heavy atom. The lowest BCUT2D eigenvalue weighted by molar-refractivity contribution is -0.123. The highest BCUT2D eigenvalue weighted by Gasteiger charge is 2.57. The van der Waals surface area contributed by atoms with Gasteiger partial charge < -0.3 is 10.6 Å². The highest BCUT2D eigenvalue weighted by Crippen LogP contribution is 2.58. The van der Waals surface area contributed by atoms with E-state index in [9.17, 15) is 4.79 Å². The Kier molecular flexibility index (Phi) is 5.36. The smallest absolute Gasteiger partial charge is 0.223 e. The minimum atomic E-state index is 0. The van der Waals surface area contributed by atoms with Crippen LogP contribution in [0.25, 0.3) is 0 Å². The molecule has 1 atom stereocenters. The molecule has 116 valence electrons. The quantitative estimate of drug-likeness (QED) is 0.841. The van der Waals surface area contributed by atoms with E-state index in [2.05, 4.69) is 17.6 Å². The summed E-state index contributed by atoms with van der Waals surface area (Å²) in [6.07, 6.45) is 8.85. The topological polar surface area (TPSA) is 41.1 Å². The Labute approximate surface area is 129 Å². The Morgan fingerprint density at radius 1 is 1.20 bits per heavy atom. The van der Waals surface area contributed by atoms with Crippen molar-refractivity contribution in [2.45, 2.75) is 51.9 Å². The first-order chi connectivity index (χ1) is 9.20. The number of carbonyl (C=O) groups is 1. The van der Waals surface area contributed by atoms with E-state index in [-0.39, 0.29) is 12.4 Å². The molecule has 0 radical (unpaired) electrons. The van der Waals surface area contributed by atoms with Crippen LogP contribution < -0.4 is 10.6 Å². The number of amides is 1. The molecule has 1 aliphatic heterocycles. The lowest BCUT2D eigenvalue weighted by atomic mass is 9.83. The second-order valence-corrected chi connectivity index (χ2v) is 7.24. The van der Waals surface area contributed by atoms with Crippen molar-refractivity contribution >= 4 is 18.3 Å². The number of piperidine rings is 1. The van der Waals surface area contributed by atoms with Crippen molar-refractivity contribution in [2.75, 3.05) is 19.6 Å². The van der Waals surface area contributed by atoms with Crippen molar-refractivity contribution < 1.29 is 4.79 Å².